The number of rotatable bonds is 3. The number of halogens is 7. The fraction of sp³-hybridized carbons (Fsp3) is 0.400. The Kier molecular flexibility index (Phi) is 5.66. The zero-order valence-corrected chi connectivity index (χ0v) is 10.0. The van der Waals surface area contributed by atoms with Gasteiger partial charge in [-0.25, -0.2) is 13.2 Å². The molecule has 3 N–H and O–H groups in total. The van der Waals surface area contributed by atoms with Gasteiger partial charge < -0.3 is 10.8 Å². The first-order chi connectivity index (χ1) is 8.09. The summed E-state index contributed by atoms with van der Waals surface area (Å²) in [6, 6.07) is -1.16. The molecule has 0 amide bonds. The zero-order chi connectivity index (χ0) is 14.1. The lowest BCUT2D eigenvalue weighted by molar-refractivity contribution is -0.140. The van der Waals surface area contributed by atoms with Gasteiger partial charge in [-0.3, -0.25) is 0 Å². The molecule has 0 saturated carbocycles. The number of aliphatic hydroxyl groups excluding tert-OH is 1. The number of benzene rings is 1. The minimum Gasteiger partial charge on any atom is -0.390 e. The van der Waals surface area contributed by atoms with Gasteiger partial charge in [-0.15, -0.1) is 12.4 Å². The Hall–Kier alpha value is -0.990. The number of hydrogen-bond acceptors (Lipinski definition) is 2. The average Bonchev–Trinajstić information content (AvgIpc) is 2.27. The number of hydrogen-bond donors (Lipinski definition) is 2. The van der Waals surface area contributed by atoms with Crippen LogP contribution in [0.5, 0.6) is 0 Å². The molecule has 0 heterocycles. The van der Waals surface area contributed by atoms with Crippen LogP contribution in [0.15, 0.2) is 18.2 Å². The van der Waals surface area contributed by atoms with E-state index < -0.39 is 41.7 Å². The molecule has 110 valence electrons. The Morgan fingerprint density at radius 1 is 1.16 bits per heavy atom. The molecular weight excluding hydrogens is 300 g/mol. The number of aliphatic hydroxyl groups is 1. The van der Waals surface area contributed by atoms with E-state index in [4.69, 9.17) is 10.8 Å². The molecule has 0 radical (unpaired) electrons. The summed E-state index contributed by atoms with van der Waals surface area (Å²) in [4.78, 5) is 0. The largest absolute Gasteiger partial charge is 0.416 e. The summed E-state index contributed by atoms with van der Waals surface area (Å²) in [5.41, 5.74) is 2.45. The quantitative estimate of drug-likeness (QED) is 0.843. The molecule has 1 atom stereocenters. The van der Waals surface area contributed by atoms with Crippen molar-refractivity contribution in [2.24, 2.45) is 5.73 Å². The van der Waals surface area contributed by atoms with E-state index in [2.05, 4.69) is 0 Å². The molecule has 0 aromatic heterocycles. The second-order valence-corrected chi connectivity index (χ2v) is 3.63. The molecule has 9 heteroatoms. The Labute approximate surface area is 110 Å². The molecule has 0 saturated heterocycles. The van der Waals surface area contributed by atoms with E-state index in [0.29, 0.717) is 12.1 Å². The first-order valence-electron chi connectivity index (χ1n) is 4.70. The highest BCUT2D eigenvalue weighted by molar-refractivity contribution is 5.85. The summed E-state index contributed by atoms with van der Waals surface area (Å²) in [5, 5.41) is 8.39. The monoisotopic (exact) mass is 309 g/mol. The minimum atomic E-state index is -5.01. The predicted octanol–water partition coefficient (Wildman–Crippen LogP) is 2.89. The Morgan fingerprint density at radius 3 is 2.11 bits per heavy atom. The zero-order valence-electron chi connectivity index (χ0n) is 9.22. The summed E-state index contributed by atoms with van der Waals surface area (Å²) in [6.07, 6.45) is -5.01. The maximum atomic E-state index is 13.1. The van der Waals surface area contributed by atoms with Gasteiger partial charge in [0.2, 0.25) is 0 Å². The SMILES string of the molecule is Cl.N[C@H](c1ccc(F)cc1C(F)(F)F)C(F)(F)CO. The molecule has 0 unspecified atom stereocenters. The normalized spacial score (nSPS) is 13.9. The van der Waals surface area contributed by atoms with Gasteiger partial charge >= 0.3 is 6.18 Å². The fourth-order valence-electron chi connectivity index (χ4n) is 1.37. The van der Waals surface area contributed by atoms with Gasteiger partial charge in [0.05, 0.1) is 11.6 Å². The third-order valence-electron chi connectivity index (χ3n) is 2.32. The van der Waals surface area contributed by atoms with Gasteiger partial charge in [-0.05, 0) is 17.7 Å². The van der Waals surface area contributed by atoms with Crippen molar-refractivity contribution in [3.8, 4) is 0 Å². The third-order valence-corrected chi connectivity index (χ3v) is 2.32. The lowest BCUT2D eigenvalue weighted by Crippen LogP contribution is -2.37. The van der Waals surface area contributed by atoms with Crippen molar-refractivity contribution in [1.29, 1.82) is 0 Å². The van der Waals surface area contributed by atoms with E-state index in [1.54, 1.807) is 0 Å². The summed E-state index contributed by atoms with van der Waals surface area (Å²) in [5.74, 6) is -5.15. The summed E-state index contributed by atoms with van der Waals surface area (Å²) >= 11 is 0. The lowest BCUT2D eigenvalue weighted by atomic mass is 9.96. The molecule has 1 aromatic rings. The molecule has 19 heavy (non-hydrogen) atoms. The van der Waals surface area contributed by atoms with Crippen LogP contribution in [0.4, 0.5) is 26.3 Å². The number of nitrogens with two attached hydrogens (primary N) is 1. The molecule has 0 spiro atoms. The second kappa shape index (κ2) is 5.98. The molecule has 1 rings (SSSR count). The van der Waals surface area contributed by atoms with E-state index >= 15 is 0 Å². The van der Waals surface area contributed by atoms with Crippen molar-refractivity contribution < 1.29 is 31.4 Å². The van der Waals surface area contributed by atoms with Gasteiger partial charge in [0.1, 0.15) is 12.4 Å². The minimum absolute atomic E-state index is 0. The van der Waals surface area contributed by atoms with Crippen molar-refractivity contribution in [3.63, 3.8) is 0 Å². The molecular formula is C10H10ClF6NO. The Morgan fingerprint density at radius 2 is 1.68 bits per heavy atom. The Bertz CT molecular complexity index is 437. The van der Waals surface area contributed by atoms with E-state index in [0.717, 1.165) is 0 Å². The van der Waals surface area contributed by atoms with Crippen LogP contribution in [0, 0.1) is 5.82 Å². The van der Waals surface area contributed by atoms with Crippen LogP contribution in [-0.4, -0.2) is 17.6 Å². The summed E-state index contributed by atoms with van der Waals surface area (Å²) in [7, 11) is 0. The van der Waals surface area contributed by atoms with Crippen molar-refractivity contribution in [2.45, 2.75) is 18.1 Å². The van der Waals surface area contributed by atoms with E-state index in [1.807, 2.05) is 0 Å². The molecule has 0 aliphatic carbocycles. The van der Waals surface area contributed by atoms with E-state index in [-0.39, 0.29) is 18.5 Å². The van der Waals surface area contributed by atoms with E-state index in [9.17, 15) is 26.3 Å². The molecule has 2 nitrogen and oxygen atoms in total. The summed E-state index contributed by atoms with van der Waals surface area (Å²) < 4.78 is 76.5. The molecule has 0 aliphatic rings. The van der Waals surface area contributed by atoms with Crippen molar-refractivity contribution in [3.05, 3.63) is 35.1 Å². The van der Waals surface area contributed by atoms with Gasteiger partial charge in [0.15, 0.2) is 0 Å². The molecule has 1 aromatic carbocycles. The standard InChI is InChI=1S/C10H9F6NO.ClH/c11-5-1-2-6(7(3-5)10(14,15)16)8(17)9(12,13)4-18;/h1-3,8,18H,4,17H2;1H/t8-;/m1./s1. The lowest BCUT2D eigenvalue weighted by Gasteiger charge is -2.24. The maximum Gasteiger partial charge on any atom is 0.416 e. The van der Waals surface area contributed by atoms with Crippen LogP contribution in [-0.2, 0) is 6.18 Å². The van der Waals surface area contributed by atoms with Gasteiger partial charge in [-0.1, -0.05) is 6.07 Å². The smallest absolute Gasteiger partial charge is 0.390 e. The van der Waals surface area contributed by atoms with Crippen LogP contribution >= 0.6 is 12.4 Å². The van der Waals surface area contributed by atoms with Crippen LogP contribution in [0.25, 0.3) is 0 Å². The predicted molar refractivity (Wildman–Crippen MR) is 57.6 cm³/mol. The molecule has 0 fully saturated rings. The van der Waals surface area contributed by atoms with Gasteiger partial charge in [-0.2, -0.15) is 13.2 Å². The average molecular weight is 310 g/mol. The maximum absolute atomic E-state index is 13.1. The third kappa shape index (κ3) is 3.99. The highest BCUT2D eigenvalue weighted by Gasteiger charge is 2.43. The first-order valence-corrected chi connectivity index (χ1v) is 4.70. The Balaban J connectivity index is 0.00000324. The van der Waals surface area contributed by atoms with Crippen molar-refractivity contribution in [2.75, 3.05) is 6.61 Å². The second-order valence-electron chi connectivity index (χ2n) is 3.63. The van der Waals surface area contributed by atoms with Crippen molar-refractivity contribution >= 4 is 12.4 Å². The molecule has 0 aliphatic heterocycles. The van der Waals surface area contributed by atoms with Crippen molar-refractivity contribution in [1.82, 2.24) is 0 Å². The number of alkyl halides is 5. The summed E-state index contributed by atoms with van der Waals surface area (Å²) in [6.45, 7) is -1.71. The van der Waals surface area contributed by atoms with Crippen LogP contribution < -0.4 is 5.73 Å². The topological polar surface area (TPSA) is 46.2 Å². The van der Waals surface area contributed by atoms with Gasteiger partial charge in [0.25, 0.3) is 5.92 Å². The van der Waals surface area contributed by atoms with E-state index in [1.165, 1.54) is 0 Å². The fourth-order valence-corrected chi connectivity index (χ4v) is 1.37. The first kappa shape index (κ1) is 18.0. The van der Waals surface area contributed by atoms with Crippen LogP contribution in [0.1, 0.15) is 17.2 Å². The van der Waals surface area contributed by atoms with Gasteiger partial charge in [0, 0.05) is 0 Å². The highest BCUT2D eigenvalue weighted by atomic mass is 35.5. The van der Waals surface area contributed by atoms with Crippen LogP contribution in [0.3, 0.4) is 0 Å². The van der Waals surface area contributed by atoms with Crippen LogP contribution in [0.2, 0.25) is 0 Å². The highest BCUT2D eigenvalue weighted by Crippen LogP contribution is 2.38. The molecule has 0 bridgehead atoms.